The van der Waals surface area contributed by atoms with Crippen LogP contribution in [0.2, 0.25) is 19.6 Å². The number of benzene rings is 4. The molecule has 0 unspecified atom stereocenters. The lowest BCUT2D eigenvalue weighted by molar-refractivity contribution is -0.659. The summed E-state index contributed by atoms with van der Waals surface area (Å²) in [4.78, 5) is 0. The largest absolute Gasteiger partial charge is 0.455 e. The van der Waals surface area contributed by atoms with Gasteiger partial charge in [-0.15, -0.1) is 0 Å². The van der Waals surface area contributed by atoms with Crippen molar-refractivity contribution in [3.8, 4) is 22.8 Å². The summed E-state index contributed by atoms with van der Waals surface area (Å²) in [6.45, 7) is 16.2. The molecule has 0 spiro atoms. The van der Waals surface area contributed by atoms with Gasteiger partial charge in [0.25, 0.3) is 0 Å². The van der Waals surface area contributed by atoms with Crippen LogP contribution in [0.1, 0.15) is 36.5 Å². The highest BCUT2D eigenvalue weighted by atomic mass is 28.3. The van der Waals surface area contributed by atoms with Gasteiger partial charge in [-0.3, -0.25) is 0 Å². The van der Waals surface area contributed by atoms with Crippen molar-refractivity contribution in [2.45, 2.75) is 53.3 Å². The molecule has 0 saturated heterocycles. The fraction of sp³-hybridized carbons (Fsp3) is 0.281. The molecule has 35 heavy (non-hydrogen) atoms. The zero-order chi connectivity index (χ0) is 24.8. The molecule has 0 amide bonds. The molecule has 4 aromatic carbocycles. The number of fused-ring (bicyclic) bond motifs is 5. The summed E-state index contributed by atoms with van der Waals surface area (Å²) in [5.41, 5.74) is 6.40. The van der Waals surface area contributed by atoms with E-state index in [0.717, 1.165) is 11.5 Å². The van der Waals surface area contributed by atoms with Crippen LogP contribution in [0.15, 0.2) is 54.7 Å². The van der Waals surface area contributed by atoms with Gasteiger partial charge in [0.1, 0.15) is 18.5 Å². The third-order valence-corrected chi connectivity index (χ3v) is 9.85. The lowest BCUT2D eigenvalue weighted by Gasteiger charge is -2.27. The Hall–Kier alpha value is -3.17. The van der Waals surface area contributed by atoms with Crippen molar-refractivity contribution in [1.29, 1.82) is 0 Å². The molecule has 1 aliphatic rings. The molecule has 1 aromatic heterocycles. The standard InChI is InChI=1S/C32H34NOSi/c1-18(2)28-24-11-9-19(3)15-26(24)20(4)29-31-30-25(13-14-33(31)5)23-12-10-22(35(6,7)8)16-21(23)17-27(30)34-32(28)29/h9-18H,1-8H3/q+1. The number of aromatic nitrogens is 1. The second-order valence-corrected chi connectivity index (χ2v) is 16.8. The van der Waals surface area contributed by atoms with Gasteiger partial charge in [-0.2, -0.15) is 0 Å². The predicted molar refractivity (Wildman–Crippen MR) is 152 cm³/mol. The minimum atomic E-state index is -1.42. The van der Waals surface area contributed by atoms with Gasteiger partial charge in [-0.25, -0.2) is 4.57 Å². The van der Waals surface area contributed by atoms with Gasteiger partial charge >= 0.3 is 0 Å². The molecular formula is C32H34NOSi+. The van der Waals surface area contributed by atoms with E-state index < -0.39 is 8.07 Å². The molecule has 3 heteroatoms. The maximum Gasteiger partial charge on any atom is 0.228 e. The van der Waals surface area contributed by atoms with Gasteiger partial charge in [0, 0.05) is 17.0 Å². The van der Waals surface area contributed by atoms with E-state index in [9.17, 15) is 0 Å². The maximum atomic E-state index is 6.95. The zero-order valence-corrected chi connectivity index (χ0v) is 23.1. The average Bonchev–Trinajstić information content (AvgIpc) is 2.79. The molecule has 5 aromatic rings. The Kier molecular flexibility index (Phi) is 4.72. The minimum absolute atomic E-state index is 0.347. The summed E-state index contributed by atoms with van der Waals surface area (Å²) in [7, 11) is 0.747. The van der Waals surface area contributed by atoms with Gasteiger partial charge in [0.05, 0.1) is 19.0 Å². The number of hydrogen-bond donors (Lipinski definition) is 0. The topological polar surface area (TPSA) is 13.1 Å². The van der Waals surface area contributed by atoms with Crippen LogP contribution < -0.4 is 14.5 Å². The summed E-state index contributed by atoms with van der Waals surface area (Å²) in [6.07, 6.45) is 2.22. The first kappa shape index (κ1) is 22.3. The monoisotopic (exact) mass is 476 g/mol. The van der Waals surface area contributed by atoms with E-state index in [0.29, 0.717) is 5.92 Å². The first-order chi connectivity index (χ1) is 16.6. The van der Waals surface area contributed by atoms with E-state index in [-0.39, 0.29) is 0 Å². The van der Waals surface area contributed by atoms with Crippen molar-refractivity contribution in [2.24, 2.45) is 7.05 Å². The molecule has 0 aliphatic carbocycles. The summed E-state index contributed by atoms with van der Waals surface area (Å²) in [5, 5.41) is 9.19. The lowest BCUT2D eigenvalue weighted by Crippen LogP contribution is -2.37. The Morgan fingerprint density at radius 1 is 0.829 bits per heavy atom. The van der Waals surface area contributed by atoms with Crippen LogP contribution in [0.3, 0.4) is 0 Å². The molecule has 2 heterocycles. The van der Waals surface area contributed by atoms with E-state index in [1.165, 1.54) is 65.5 Å². The van der Waals surface area contributed by atoms with Crippen molar-refractivity contribution < 1.29 is 9.30 Å². The number of nitrogens with zero attached hydrogens (tertiary/aromatic N) is 1. The Labute approximate surface area is 209 Å². The van der Waals surface area contributed by atoms with Gasteiger partial charge in [0.2, 0.25) is 5.69 Å². The van der Waals surface area contributed by atoms with Crippen molar-refractivity contribution in [3.05, 3.63) is 71.4 Å². The second-order valence-electron chi connectivity index (χ2n) is 11.7. The predicted octanol–water partition coefficient (Wildman–Crippen LogP) is 8.03. The molecule has 0 bridgehead atoms. The van der Waals surface area contributed by atoms with Gasteiger partial charge in [-0.05, 0) is 52.9 Å². The smallest absolute Gasteiger partial charge is 0.228 e. The molecule has 2 nitrogen and oxygen atoms in total. The number of pyridine rings is 1. The van der Waals surface area contributed by atoms with Crippen molar-refractivity contribution in [3.63, 3.8) is 0 Å². The highest BCUT2D eigenvalue weighted by Gasteiger charge is 2.34. The van der Waals surface area contributed by atoms with E-state index in [4.69, 9.17) is 4.74 Å². The van der Waals surface area contributed by atoms with Crippen LogP contribution >= 0.6 is 0 Å². The van der Waals surface area contributed by atoms with Crippen LogP contribution in [0.25, 0.3) is 43.6 Å². The highest BCUT2D eigenvalue weighted by molar-refractivity contribution is 6.88. The van der Waals surface area contributed by atoms with Crippen molar-refractivity contribution in [1.82, 2.24) is 0 Å². The van der Waals surface area contributed by atoms with Crippen LogP contribution in [-0.4, -0.2) is 8.07 Å². The number of aryl methyl sites for hydroxylation is 3. The Bertz CT molecular complexity index is 1710. The van der Waals surface area contributed by atoms with Gasteiger partial charge < -0.3 is 4.74 Å². The summed E-state index contributed by atoms with van der Waals surface area (Å²) >= 11 is 0. The Morgan fingerprint density at radius 2 is 1.57 bits per heavy atom. The van der Waals surface area contributed by atoms with E-state index in [1.54, 1.807) is 0 Å². The molecule has 0 fully saturated rings. The molecule has 0 N–H and O–H groups in total. The molecule has 0 radical (unpaired) electrons. The SMILES string of the molecule is Cc1ccc2c(C(C)C)c3c(c(C)c2c1)-c1c2c(cc4cc([Si](C)(C)C)ccc4c2cc[n+]1C)O3. The lowest BCUT2D eigenvalue weighted by atomic mass is 9.84. The molecule has 176 valence electrons. The molecule has 0 atom stereocenters. The highest BCUT2D eigenvalue weighted by Crippen LogP contribution is 2.53. The third kappa shape index (κ3) is 3.17. The van der Waals surface area contributed by atoms with E-state index in [2.05, 4.69) is 114 Å². The average molecular weight is 477 g/mol. The minimum Gasteiger partial charge on any atom is -0.455 e. The van der Waals surface area contributed by atoms with Gasteiger partial charge in [-0.1, -0.05) is 80.6 Å². The number of ether oxygens (including phenoxy) is 1. The summed E-state index contributed by atoms with van der Waals surface area (Å²) < 4.78 is 9.23. The first-order valence-corrected chi connectivity index (χ1v) is 16.2. The molecule has 6 rings (SSSR count). The van der Waals surface area contributed by atoms with Crippen LogP contribution in [0.4, 0.5) is 0 Å². The number of rotatable bonds is 2. The molecular weight excluding hydrogens is 442 g/mol. The van der Waals surface area contributed by atoms with E-state index in [1.807, 2.05) is 0 Å². The Morgan fingerprint density at radius 3 is 2.29 bits per heavy atom. The quantitative estimate of drug-likeness (QED) is 0.140. The van der Waals surface area contributed by atoms with Gasteiger partial charge in [0.15, 0.2) is 6.20 Å². The second kappa shape index (κ2) is 7.41. The third-order valence-electron chi connectivity index (χ3n) is 7.81. The van der Waals surface area contributed by atoms with Crippen LogP contribution in [0, 0.1) is 13.8 Å². The summed E-state index contributed by atoms with van der Waals surface area (Å²) in [6, 6.07) is 18.5. The normalized spacial score (nSPS) is 13.1. The maximum absolute atomic E-state index is 6.95. The van der Waals surface area contributed by atoms with E-state index >= 15 is 0 Å². The molecule has 0 saturated carbocycles. The number of hydrogen-bond acceptors (Lipinski definition) is 1. The molecule has 1 aliphatic heterocycles. The summed E-state index contributed by atoms with van der Waals surface area (Å²) in [5.74, 6) is 2.36. The van der Waals surface area contributed by atoms with Crippen LogP contribution in [0.5, 0.6) is 11.5 Å². The first-order valence-electron chi connectivity index (χ1n) is 12.7. The zero-order valence-electron chi connectivity index (χ0n) is 22.1. The van der Waals surface area contributed by atoms with Crippen molar-refractivity contribution >= 4 is 45.6 Å². The fourth-order valence-corrected chi connectivity index (χ4v) is 7.12. The van der Waals surface area contributed by atoms with Crippen molar-refractivity contribution in [2.75, 3.05) is 0 Å². The van der Waals surface area contributed by atoms with Crippen LogP contribution in [-0.2, 0) is 7.05 Å². The Balaban J connectivity index is 1.79. The fourth-order valence-electron chi connectivity index (χ4n) is 5.95.